The van der Waals surface area contributed by atoms with Gasteiger partial charge in [0.1, 0.15) is 0 Å². The van der Waals surface area contributed by atoms with Crippen molar-refractivity contribution in [3.05, 3.63) is 0 Å². The van der Waals surface area contributed by atoms with E-state index in [1.807, 2.05) is 0 Å². The molecule has 1 aliphatic heterocycles. The van der Waals surface area contributed by atoms with Crippen LogP contribution in [0.15, 0.2) is 0 Å². The fourth-order valence-electron chi connectivity index (χ4n) is 1.18. The Morgan fingerprint density at radius 3 is 2.67 bits per heavy atom. The lowest BCUT2D eigenvalue weighted by Gasteiger charge is -2.20. The molecular weight excluding hydrogens is 196 g/mol. The molecule has 0 bridgehead atoms. The first-order chi connectivity index (χ1) is 5.41. The zero-order chi connectivity index (χ0) is 9.24. The van der Waals surface area contributed by atoms with E-state index < -0.39 is 10.1 Å². The Kier molecular flexibility index (Phi) is 3.06. The van der Waals surface area contributed by atoms with Gasteiger partial charge >= 0.3 is 0 Å². The minimum atomic E-state index is -3.26. The maximum atomic E-state index is 10.7. The van der Waals surface area contributed by atoms with Crippen molar-refractivity contribution in [2.75, 3.05) is 18.6 Å². The molecule has 1 unspecified atom stereocenters. The van der Waals surface area contributed by atoms with Gasteiger partial charge in [0.15, 0.2) is 0 Å². The second kappa shape index (κ2) is 3.55. The SMILES string of the molecule is CC1(COS(C)(=O)=O)CCCS1. The largest absolute Gasteiger partial charge is 0.269 e. The molecule has 0 saturated carbocycles. The summed E-state index contributed by atoms with van der Waals surface area (Å²) in [6.07, 6.45) is 3.30. The van der Waals surface area contributed by atoms with E-state index in [1.54, 1.807) is 11.8 Å². The number of hydrogen-bond donors (Lipinski definition) is 0. The average Bonchev–Trinajstić information content (AvgIpc) is 2.32. The molecule has 0 spiro atoms. The molecule has 0 aliphatic carbocycles. The Bertz CT molecular complexity index is 239. The first-order valence-electron chi connectivity index (χ1n) is 3.90. The fraction of sp³-hybridized carbons (Fsp3) is 1.00. The van der Waals surface area contributed by atoms with E-state index in [0.29, 0.717) is 6.61 Å². The van der Waals surface area contributed by atoms with Gasteiger partial charge in [-0.1, -0.05) is 0 Å². The summed E-state index contributed by atoms with van der Waals surface area (Å²) >= 11 is 1.80. The Balaban J connectivity index is 2.41. The molecule has 0 aromatic heterocycles. The number of hydrogen-bond acceptors (Lipinski definition) is 4. The molecular formula is C7H14O3S2. The summed E-state index contributed by atoms with van der Waals surface area (Å²) < 4.78 is 26.2. The predicted octanol–water partition coefficient (Wildman–Crippen LogP) is 1.25. The van der Waals surface area contributed by atoms with Gasteiger partial charge in [-0.15, -0.1) is 0 Å². The maximum absolute atomic E-state index is 10.7. The monoisotopic (exact) mass is 210 g/mol. The van der Waals surface area contributed by atoms with Crippen LogP contribution in [0.5, 0.6) is 0 Å². The molecule has 1 rings (SSSR count). The molecule has 1 saturated heterocycles. The molecule has 0 aromatic rings. The smallest absolute Gasteiger partial charge is 0.264 e. The van der Waals surface area contributed by atoms with Gasteiger partial charge in [-0.2, -0.15) is 20.2 Å². The molecule has 0 amide bonds. The predicted molar refractivity (Wildman–Crippen MR) is 50.9 cm³/mol. The third-order valence-electron chi connectivity index (χ3n) is 1.88. The molecule has 5 heteroatoms. The third kappa shape index (κ3) is 3.33. The van der Waals surface area contributed by atoms with Crippen molar-refractivity contribution in [3.63, 3.8) is 0 Å². The van der Waals surface area contributed by atoms with Gasteiger partial charge in [0.25, 0.3) is 10.1 Å². The van der Waals surface area contributed by atoms with Gasteiger partial charge in [-0.05, 0) is 25.5 Å². The highest BCUT2D eigenvalue weighted by molar-refractivity contribution is 8.00. The van der Waals surface area contributed by atoms with E-state index in [1.165, 1.54) is 0 Å². The van der Waals surface area contributed by atoms with E-state index in [4.69, 9.17) is 4.18 Å². The van der Waals surface area contributed by atoms with Gasteiger partial charge in [-0.25, -0.2) is 0 Å². The molecule has 12 heavy (non-hydrogen) atoms. The molecule has 3 nitrogen and oxygen atoms in total. The second-order valence-corrected chi connectivity index (χ2v) is 6.69. The van der Waals surface area contributed by atoms with Crippen LogP contribution < -0.4 is 0 Å². The molecule has 1 heterocycles. The van der Waals surface area contributed by atoms with E-state index in [-0.39, 0.29) is 4.75 Å². The average molecular weight is 210 g/mol. The molecule has 72 valence electrons. The van der Waals surface area contributed by atoms with Crippen molar-refractivity contribution < 1.29 is 12.6 Å². The lowest BCUT2D eigenvalue weighted by atomic mass is 10.1. The Morgan fingerprint density at radius 1 is 1.58 bits per heavy atom. The van der Waals surface area contributed by atoms with Crippen LogP contribution in [0.25, 0.3) is 0 Å². The lowest BCUT2D eigenvalue weighted by Crippen LogP contribution is -2.25. The van der Waals surface area contributed by atoms with Crippen LogP contribution in [-0.2, 0) is 14.3 Å². The van der Waals surface area contributed by atoms with Gasteiger partial charge in [0.05, 0.1) is 12.9 Å². The minimum absolute atomic E-state index is 0.0169. The summed E-state index contributed by atoms with van der Waals surface area (Å²) in [5.74, 6) is 1.11. The van der Waals surface area contributed by atoms with Crippen LogP contribution in [0.2, 0.25) is 0 Å². The molecule has 1 aliphatic rings. The molecule has 1 atom stereocenters. The van der Waals surface area contributed by atoms with E-state index in [0.717, 1.165) is 24.9 Å². The Hall–Kier alpha value is 0.260. The van der Waals surface area contributed by atoms with Crippen LogP contribution in [0.1, 0.15) is 19.8 Å². The fourth-order valence-corrected chi connectivity index (χ4v) is 2.94. The van der Waals surface area contributed by atoms with Crippen molar-refractivity contribution >= 4 is 21.9 Å². The third-order valence-corrected chi connectivity index (χ3v) is 3.94. The lowest BCUT2D eigenvalue weighted by molar-refractivity contribution is 0.282. The summed E-state index contributed by atoms with van der Waals surface area (Å²) in [5.41, 5.74) is 0. The normalized spacial score (nSPS) is 30.8. The van der Waals surface area contributed by atoms with Crippen LogP contribution in [0.3, 0.4) is 0 Å². The highest BCUT2D eigenvalue weighted by Gasteiger charge is 2.30. The minimum Gasteiger partial charge on any atom is -0.269 e. The van der Waals surface area contributed by atoms with Gasteiger partial charge in [-0.3, -0.25) is 4.18 Å². The van der Waals surface area contributed by atoms with Crippen molar-refractivity contribution in [1.29, 1.82) is 0 Å². The number of thioether (sulfide) groups is 1. The van der Waals surface area contributed by atoms with Crippen molar-refractivity contribution in [2.24, 2.45) is 0 Å². The van der Waals surface area contributed by atoms with Gasteiger partial charge in [0.2, 0.25) is 0 Å². The van der Waals surface area contributed by atoms with Gasteiger partial charge in [0, 0.05) is 4.75 Å². The van der Waals surface area contributed by atoms with Crippen molar-refractivity contribution in [2.45, 2.75) is 24.5 Å². The second-order valence-electron chi connectivity index (χ2n) is 3.37. The molecule has 0 aromatic carbocycles. The summed E-state index contributed by atoms with van der Waals surface area (Å²) in [7, 11) is -3.26. The molecule has 0 radical (unpaired) electrons. The Labute approximate surface area is 78.0 Å². The topological polar surface area (TPSA) is 43.4 Å². The first kappa shape index (κ1) is 10.3. The quantitative estimate of drug-likeness (QED) is 0.658. The van der Waals surface area contributed by atoms with Crippen molar-refractivity contribution in [1.82, 2.24) is 0 Å². The summed E-state index contributed by atoms with van der Waals surface area (Å²) in [4.78, 5) is 0. The van der Waals surface area contributed by atoms with Gasteiger partial charge < -0.3 is 0 Å². The zero-order valence-electron chi connectivity index (χ0n) is 7.37. The van der Waals surface area contributed by atoms with E-state index >= 15 is 0 Å². The van der Waals surface area contributed by atoms with Crippen LogP contribution in [0.4, 0.5) is 0 Å². The summed E-state index contributed by atoms with van der Waals surface area (Å²) in [6, 6.07) is 0. The van der Waals surface area contributed by atoms with Crippen molar-refractivity contribution in [3.8, 4) is 0 Å². The van der Waals surface area contributed by atoms with Crippen LogP contribution in [-0.4, -0.2) is 31.8 Å². The molecule has 0 N–H and O–H groups in total. The highest BCUT2D eigenvalue weighted by Crippen LogP contribution is 2.37. The van der Waals surface area contributed by atoms with Crippen LogP contribution in [0, 0.1) is 0 Å². The summed E-state index contributed by atoms with van der Waals surface area (Å²) in [6.45, 7) is 2.37. The van der Waals surface area contributed by atoms with E-state index in [2.05, 4.69) is 6.92 Å². The van der Waals surface area contributed by atoms with E-state index in [9.17, 15) is 8.42 Å². The standard InChI is InChI=1S/C7H14O3S2/c1-7(4-3-5-11-7)6-10-12(2,8)9/h3-6H2,1-2H3. The van der Waals surface area contributed by atoms with Crippen LogP contribution >= 0.6 is 11.8 Å². The number of rotatable bonds is 3. The maximum Gasteiger partial charge on any atom is 0.264 e. The molecule has 1 fully saturated rings. The first-order valence-corrected chi connectivity index (χ1v) is 6.70. The Morgan fingerprint density at radius 2 is 2.25 bits per heavy atom. The highest BCUT2D eigenvalue weighted by atomic mass is 32.2. The zero-order valence-corrected chi connectivity index (χ0v) is 9.00. The summed E-state index contributed by atoms with van der Waals surface area (Å²) in [5, 5.41) is 0.